The maximum atomic E-state index is 10.6. The summed E-state index contributed by atoms with van der Waals surface area (Å²) in [6.07, 6.45) is -2.14. The van der Waals surface area contributed by atoms with Crippen LogP contribution in [0.1, 0.15) is 23.6 Å². The van der Waals surface area contributed by atoms with E-state index in [1.54, 1.807) is 0 Å². The Morgan fingerprint density at radius 3 is 1.64 bits per heavy atom. The molecule has 1 saturated heterocycles. The highest BCUT2D eigenvalue weighted by molar-refractivity contribution is 5.15. The van der Waals surface area contributed by atoms with Gasteiger partial charge in [-0.1, -0.05) is 97.9 Å². The summed E-state index contributed by atoms with van der Waals surface area (Å²) in [6, 6.07) is 30.0. The lowest BCUT2D eigenvalue weighted by atomic mass is 9.92. The lowest BCUT2D eigenvalue weighted by molar-refractivity contribution is -0.289. The quantitative estimate of drug-likeness (QED) is 0.486. The molecule has 0 saturated carbocycles. The van der Waals surface area contributed by atoms with Crippen LogP contribution in [0.25, 0.3) is 0 Å². The van der Waals surface area contributed by atoms with Gasteiger partial charge in [-0.05, 0) is 16.7 Å². The molecule has 1 aliphatic rings. The van der Waals surface area contributed by atoms with E-state index in [0.717, 1.165) is 16.7 Å². The molecule has 5 heteroatoms. The molecule has 4 rings (SSSR count). The van der Waals surface area contributed by atoms with E-state index in [2.05, 4.69) is 0 Å². The van der Waals surface area contributed by atoms with Crippen molar-refractivity contribution in [1.82, 2.24) is 0 Å². The Balaban J connectivity index is 1.46. The van der Waals surface area contributed by atoms with Crippen LogP contribution in [-0.2, 0) is 38.8 Å². The molecule has 1 heterocycles. The van der Waals surface area contributed by atoms with Gasteiger partial charge in [0.05, 0.1) is 32.5 Å². The molecular weight excluding hydrogens is 416 g/mol. The van der Waals surface area contributed by atoms with Gasteiger partial charge in [0, 0.05) is 5.92 Å². The highest BCUT2D eigenvalue weighted by Gasteiger charge is 2.45. The lowest BCUT2D eigenvalue weighted by Gasteiger charge is -2.43. The first-order chi connectivity index (χ1) is 16.2. The molecule has 3 aromatic carbocycles. The number of aliphatic hydroxyl groups excluding tert-OH is 1. The van der Waals surface area contributed by atoms with Crippen LogP contribution < -0.4 is 0 Å². The standard InChI is InChI=1S/C28H32O5/c1-21-26(31-18-23-13-7-3-8-14-23)27(32-19-24-15-9-4-10-16-24)25(33-28(21)29)20-30-17-22-11-5-2-6-12-22/h2-16,21,25-29H,17-20H2,1H3/t21-,25+,26+,27+,28?/m0/s1. The Kier molecular flexibility index (Phi) is 8.64. The second-order valence-electron chi connectivity index (χ2n) is 8.45. The van der Waals surface area contributed by atoms with Gasteiger partial charge in [-0.25, -0.2) is 0 Å². The second kappa shape index (κ2) is 12.1. The summed E-state index contributed by atoms with van der Waals surface area (Å²) in [6.45, 7) is 3.56. The molecule has 1 fully saturated rings. The SMILES string of the molecule is C[C@@H]1C(O)O[C@H](COCc2ccccc2)[C@@H](OCc2ccccc2)[C@@H]1OCc1ccccc1. The van der Waals surface area contributed by atoms with Gasteiger partial charge in [-0.2, -0.15) is 0 Å². The van der Waals surface area contributed by atoms with E-state index in [0.29, 0.717) is 26.4 Å². The molecule has 1 unspecified atom stereocenters. The Morgan fingerprint density at radius 1 is 0.667 bits per heavy atom. The Bertz CT molecular complexity index is 934. The number of rotatable bonds is 10. The van der Waals surface area contributed by atoms with Gasteiger partial charge in [0.1, 0.15) is 12.2 Å². The number of hydrogen-bond acceptors (Lipinski definition) is 5. The molecule has 0 aliphatic carbocycles. The summed E-state index contributed by atoms with van der Waals surface area (Å²) in [7, 11) is 0. The van der Waals surface area contributed by atoms with E-state index in [4.69, 9.17) is 18.9 Å². The Hall–Kier alpha value is -2.54. The van der Waals surface area contributed by atoms with E-state index in [1.165, 1.54) is 0 Å². The zero-order chi connectivity index (χ0) is 22.9. The molecule has 1 N–H and O–H groups in total. The van der Waals surface area contributed by atoms with Crippen molar-refractivity contribution in [3.63, 3.8) is 0 Å². The summed E-state index contributed by atoms with van der Waals surface area (Å²) in [5.41, 5.74) is 3.23. The van der Waals surface area contributed by atoms with Crippen LogP contribution in [0.15, 0.2) is 91.0 Å². The minimum atomic E-state index is -0.951. The fourth-order valence-electron chi connectivity index (χ4n) is 4.04. The number of ether oxygens (including phenoxy) is 4. The van der Waals surface area contributed by atoms with Gasteiger partial charge in [0.2, 0.25) is 0 Å². The van der Waals surface area contributed by atoms with Crippen LogP contribution in [-0.4, -0.2) is 36.3 Å². The second-order valence-corrected chi connectivity index (χ2v) is 8.45. The molecule has 174 valence electrons. The molecule has 33 heavy (non-hydrogen) atoms. The van der Waals surface area contributed by atoms with E-state index in [9.17, 15) is 5.11 Å². The molecule has 0 amide bonds. The van der Waals surface area contributed by atoms with Gasteiger partial charge < -0.3 is 24.1 Å². The molecule has 5 nitrogen and oxygen atoms in total. The largest absolute Gasteiger partial charge is 0.374 e. The predicted octanol–water partition coefficient (Wildman–Crippen LogP) is 4.73. The average molecular weight is 449 g/mol. The zero-order valence-corrected chi connectivity index (χ0v) is 19.0. The third-order valence-corrected chi connectivity index (χ3v) is 5.94. The van der Waals surface area contributed by atoms with Crippen molar-refractivity contribution in [2.75, 3.05) is 6.61 Å². The van der Waals surface area contributed by atoms with Crippen LogP contribution in [0.4, 0.5) is 0 Å². The lowest BCUT2D eigenvalue weighted by Crippen LogP contribution is -2.56. The first kappa shape index (κ1) is 23.6. The van der Waals surface area contributed by atoms with Crippen molar-refractivity contribution in [2.45, 2.75) is 51.3 Å². The van der Waals surface area contributed by atoms with Gasteiger partial charge in [0.25, 0.3) is 0 Å². The molecular formula is C28H32O5. The fourth-order valence-corrected chi connectivity index (χ4v) is 4.04. The van der Waals surface area contributed by atoms with Crippen molar-refractivity contribution < 1.29 is 24.1 Å². The van der Waals surface area contributed by atoms with E-state index in [1.807, 2.05) is 97.9 Å². The molecule has 0 radical (unpaired) electrons. The maximum Gasteiger partial charge on any atom is 0.160 e. The van der Waals surface area contributed by atoms with Gasteiger partial charge in [-0.15, -0.1) is 0 Å². The van der Waals surface area contributed by atoms with Gasteiger partial charge in [-0.3, -0.25) is 0 Å². The molecule has 3 aromatic rings. The van der Waals surface area contributed by atoms with Gasteiger partial charge in [0.15, 0.2) is 6.29 Å². The maximum absolute atomic E-state index is 10.6. The van der Waals surface area contributed by atoms with Crippen molar-refractivity contribution in [2.24, 2.45) is 5.92 Å². The average Bonchev–Trinajstić information content (AvgIpc) is 2.86. The van der Waals surface area contributed by atoms with Crippen LogP contribution in [0, 0.1) is 5.92 Å². The van der Waals surface area contributed by atoms with Crippen molar-refractivity contribution in [3.8, 4) is 0 Å². The van der Waals surface area contributed by atoms with E-state index >= 15 is 0 Å². The van der Waals surface area contributed by atoms with E-state index < -0.39 is 12.4 Å². The van der Waals surface area contributed by atoms with Crippen LogP contribution in [0.5, 0.6) is 0 Å². The van der Waals surface area contributed by atoms with E-state index in [-0.39, 0.29) is 18.1 Å². The first-order valence-electron chi connectivity index (χ1n) is 11.5. The normalized spacial score (nSPS) is 25.1. The van der Waals surface area contributed by atoms with Crippen LogP contribution in [0.2, 0.25) is 0 Å². The topological polar surface area (TPSA) is 57.2 Å². The molecule has 0 bridgehead atoms. The van der Waals surface area contributed by atoms with Crippen molar-refractivity contribution in [1.29, 1.82) is 0 Å². The number of benzene rings is 3. The molecule has 0 spiro atoms. The number of aliphatic hydroxyl groups is 1. The third-order valence-electron chi connectivity index (χ3n) is 5.94. The minimum Gasteiger partial charge on any atom is -0.374 e. The Morgan fingerprint density at radius 2 is 1.12 bits per heavy atom. The fraction of sp³-hybridized carbons (Fsp3) is 0.357. The summed E-state index contributed by atoms with van der Waals surface area (Å²) < 4.78 is 24.6. The third kappa shape index (κ3) is 6.73. The highest BCUT2D eigenvalue weighted by atomic mass is 16.6. The van der Waals surface area contributed by atoms with Gasteiger partial charge >= 0.3 is 0 Å². The first-order valence-corrected chi connectivity index (χ1v) is 11.5. The predicted molar refractivity (Wildman–Crippen MR) is 126 cm³/mol. The molecule has 1 aliphatic heterocycles. The summed E-state index contributed by atoms with van der Waals surface area (Å²) in [5, 5.41) is 10.6. The molecule has 0 aromatic heterocycles. The zero-order valence-electron chi connectivity index (χ0n) is 19.0. The Labute approximate surface area is 195 Å². The van der Waals surface area contributed by atoms with Crippen LogP contribution in [0.3, 0.4) is 0 Å². The minimum absolute atomic E-state index is 0.250. The highest BCUT2D eigenvalue weighted by Crippen LogP contribution is 2.31. The molecule has 5 atom stereocenters. The smallest absolute Gasteiger partial charge is 0.160 e. The monoisotopic (exact) mass is 448 g/mol. The summed E-state index contributed by atoms with van der Waals surface area (Å²) >= 11 is 0. The summed E-state index contributed by atoms with van der Waals surface area (Å²) in [5.74, 6) is -0.250. The van der Waals surface area contributed by atoms with Crippen molar-refractivity contribution in [3.05, 3.63) is 108 Å². The van der Waals surface area contributed by atoms with Crippen LogP contribution >= 0.6 is 0 Å². The number of hydrogen-bond donors (Lipinski definition) is 1. The summed E-state index contributed by atoms with van der Waals surface area (Å²) in [4.78, 5) is 0. The van der Waals surface area contributed by atoms with Crippen molar-refractivity contribution >= 4 is 0 Å².